The van der Waals surface area contributed by atoms with Crippen LogP contribution in [0.5, 0.6) is 5.75 Å². The first-order valence-corrected chi connectivity index (χ1v) is 13.1. The first-order chi connectivity index (χ1) is 15.0. The van der Waals surface area contributed by atoms with Crippen molar-refractivity contribution < 1.29 is 13.5 Å². The van der Waals surface area contributed by atoms with E-state index < -0.39 is 11.6 Å². The Morgan fingerprint density at radius 3 is 1.94 bits per heavy atom. The lowest BCUT2D eigenvalue weighted by Gasteiger charge is -2.38. The summed E-state index contributed by atoms with van der Waals surface area (Å²) in [7, 11) is 0. The van der Waals surface area contributed by atoms with Crippen LogP contribution in [0.15, 0.2) is 6.07 Å². The maximum atomic E-state index is 14.6. The van der Waals surface area contributed by atoms with Crippen LogP contribution in [-0.4, -0.2) is 6.61 Å². The molecular weight excluding hydrogens is 390 g/mol. The molecule has 176 valence electrons. The number of hydrogen-bond donors (Lipinski definition) is 0. The average molecular weight is 435 g/mol. The average Bonchev–Trinajstić information content (AvgIpc) is 2.78. The minimum Gasteiger partial charge on any atom is -0.491 e. The molecule has 3 rings (SSSR count). The zero-order valence-electron chi connectivity index (χ0n) is 20.2. The van der Waals surface area contributed by atoms with Crippen LogP contribution in [0.2, 0.25) is 0 Å². The second-order valence-corrected chi connectivity index (χ2v) is 10.3. The van der Waals surface area contributed by atoms with Gasteiger partial charge in [0, 0.05) is 0 Å². The second-order valence-electron chi connectivity index (χ2n) is 10.3. The van der Waals surface area contributed by atoms with Crippen molar-refractivity contribution >= 4 is 0 Å². The molecule has 2 fully saturated rings. The van der Waals surface area contributed by atoms with Crippen molar-refractivity contribution in [1.29, 1.82) is 0 Å². The Hall–Kier alpha value is -1.12. The quantitative estimate of drug-likeness (QED) is 0.334. The van der Waals surface area contributed by atoms with Gasteiger partial charge in [0.15, 0.2) is 11.6 Å². The van der Waals surface area contributed by atoms with E-state index >= 15 is 0 Å². The molecule has 2 aliphatic rings. The number of rotatable bonds is 10. The minimum atomic E-state index is -0.823. The number of hydrogen-bond acceptors (Lipinski definition) is 1. The number of aryl methyl sites for hydroxylation is 1. The maximum absolute atomic E-state index is 14.6. The fraction of sp³-hybridized carbons (Fsp3) is 0.786. The van der Waals surface area contributed by atoms with E-state index in [0.717, 1.165) is 29.7 Å². The van der Waals surface area contributed by atoms with Crippen LogP contribution in [0.25, 0.3) is 0 Å². The van der Waals surface area contributed by atoms with Crippen LogP contribution in [0.3, 0.4) is 0 Å². The Labute approximate surface area is 189 Å². The molecular formula is C28H44F2O. The van der Waals surface area contributed by atoms with E-state index in [4.69, 9.17) is 4.74 Å². The summed E-state index contributed by atoms with van der Waals surface area (Å²) >= 11 is 0. The summed E-state index contributed by atoms with van der Waals surface area (Å²) in [6.45, 7) is 6.30. The minimum absolute atomic E-state index is 0.0434. The molecule has 3 heteroatoms. The molecule has 0 radical (unpaired) electrons. The second kappa shape index (κ2) is 12.2. The molecule has 0 saturated heterocycles. The molecule has 0 bridgehead atoms. The fourth-order valence-electron chi connectivity index (χ4n) is 6.26. The molecule has 1 nitrogen and oxygen atoms in total. The summed E-state index contributed by atoms with van der Waals surface area (Å²) in [4.78, 5) is 0. The largest absolute Gasteiger partial charge is 0.491 e. The summed E-state index contributed by atoms with van der Waals surface area (Å²) in [5, 5.41) is 0. The van der Waals surface area contributed by atoms with E-state index in [-0.39, 0.29) is 5.75 Å². The number of halogens is 2. The van der Waals surface area contributed by atoms with Crippen LogP contribution in [0.4, 0.5) is 8.78 Å². The lowest BCUT2D eigenvalue weighted by molar-refractivity contribution is 0.140. The first kappa shape index (κ1) is 24.5. The molecule has 2 aliphatic carbocycles. The first-order valence-electron chi connectivity index (χ1n) is 13.1. The lowest BCUT2D eigenvalue weighted by Crippen LogP contribution is -2.26. The van der Waals surface area contributed by atoms with E-state index in [1.54, 1.807) is 13.0 Å². The van der Waals surface area contributed by atoms with E-state index in [1.807, 2.05) is 6.92 Å². The Bertz CT molecular complexity index is 670. The van der Waals surface area contributed by atoms with Gasteiger partial charge in [0.1, 0.15) is 0 Å². The van der Waals surface area contributed by atoms with Gasteiger partial charge in [0.25, 0.3) is 0 Å². The highest BCUT2D eigenvalue weighted by molar-refractivity contribution is 5.38. The van der Waals surface area contributed by atoms with Crippen molar-refractivity contribution in [2.75, 3.05) is 6.61 Å². The number of unbranched alkanes of at least 4 members (excludes halogenated alkanes) is 2. The van der Waals surface area contributed by atoms with Crippen LogP contribution >= 0.6 is 0 Å². The van der Waals surface area contributed by atoms with Gasteiger partial charge in [0.2, 0.25) is 5.82 Å². The van der Waals surface area contributed by atoms with Crippen molar-refractivity contribution in [3.8, 4) is 5.75 Å². The van der Waals surface area contributed by atoms with Gasteiger partial charge in [-0.25, -0.2) is 4.39 Å². The number of benzene rings is 1. The van der Waals surface area contributed by atoms with E-state index in [2.05, 4.69) is 6.92 Å². The third-order valence-corrected chi connectivity index (χ3v) is 8.27. The number of ether oxygens (including phenoxy) is 1. The van der Waals surface area contributed by atoms with Gasteiger partial charge >= 0.3 is 0 Å². The highest BCUT2D eigenvalue weighted by Gasteiger charge is 2.31. The molecule has 0 N–H and O–H groups in total. The summed E-state index contributed by atoms with van der Waals surface area (Å²) in [6, 6.07) is 1.66. The standard InChI is InChI=1S/C28H44F2O/c1-4-6-7-8-21-9-14-23(15-10-21)24-16-11-22(12-17-24)13-18-25-20(3)19-26(31-5-2)28(30)27(25)29/h19,21-24H,4-18H2,1-3H3. The third kappa shape index (κ3) is 6.68. The highest BCUT2D eigenvalue weighted by Crippen LogP contribution is 2.43. The molecule has 1 aromatic rings. The third-order valence-electron chi connectivity index (χ3n) is 8.27. The van der Waals surface area contributed by atoms with Crippen LogP contribution < -0.4 is 4.74 Å². The van der Waals surface area contributed by atoms with Crippen LogP contribution in [-0.2, 0) is 6.42 Å². The predicted molar refractivity (Wildman–Crippen MR) is 126 cm³/mol. The Morgan fingerprint density at radius 2 is 1.39 bits per heavy atom. The summed E-state index contributed by atoms with van der Waals surface area (Å²) in [5.41, 5.74) is 1.36. The van der Waals surface area contributed by atoms with Gasteiger partial charge in [-0.3, -0.25) is 0 Å². The van der Waals surface area contributed by atoms with Crippen molar-refractivity contribution in [1.82, 2.24) is 0 Å². The molecule has 0 atom stereocenters. The lowest BCUT2D eigenvalue weighted by atomic mass is 9.68. The van der Waals surface area contributed by atoms with Crippen LogP contribution in [0.1, 0.15) is 108 Å². The molecule has 0 amide bonds. The molecule has 0 aromatic heterocycles. The Balaban J connectivity index is 1.42. The van der Waals surface area contributed by atoms with Gasteiger partial charge in [-0.15, -0.1) is 0 Å². The summed E-state index contributed by atoms with van der Waals surface area (Å²) in [5.74, 6) is 2.03. The van der Waals surface area contributed by atoms with Gasteiger partial charge in [0.05, 0.1) is 6.61 Å². The topological polar surface area (TPSA) is 9.23 Å². The SMILES string of the molecule is CCCCCC1CCC(C2CCC(CCc3c(C)cc(OCC)c(F)c3F)CC2)CC1. The molecule has 0 spiro atoms. The summed E-state index contributed by atoms with van der Waals surface area (Å²) in [6.07, 6.45) is 18.2. The van der Waals surface area contributed by atoms with Gasteiger partial charge < -0.3 is 4.74 Å². The molecule has 0 aliphatic heterocycles. The van der Waals surface area contributed by atoms with Crippen molar-refractivity contribution in [2.24, 2.45) is 23.7 Å². The normalized spacial score (nSPS) is 26.7. The predicted octanol–water partition coefficient (Wildman–Crippen LogP) is 8.80. The van der Waals surface area contributed by atoms with Crippen molar-refractivity contribution in [2.45, 2.75) is 111 Å². The van der Waals surface area contributed by atoms with E-state index in [9.17, 15) is 8.78 Å². The maximum Gasteiger partial charge on any atom is 0.200 e. The van der Waals surface area contributed by atoms with Crippen LogP contribution in [0, 0.1) is 42.2 Å². The van der Waals surface area contributed by atoms with E-state index in [1.165, 1.54) is 77.0 Å². The molecule has 0 heterocycles. The molecule has 2 saturated carbocycles. The fourth-order valence-corrected chi connectivity index (χ4v) is 6.26. The highest BCUT2D eigenvalue weighted by atomic mass is 19.2. The van der Waals surface area contributed by atoms with Gasteiger partial charge in [-0.1, -0.05) is 58.3 Å². The Kier molecular flexibility index (Phi) is 9.66. The monoisotopic (exact) mass is 434 g/mol. The van der Waals surface area contributed by atoms with Gasteiger partial charge in [-0.2, -0.15) is 4.39 Å². The van der Waals surface area contributed by atoms with Crippen molar-refractivity contribution in [3.63, 3.8) is 0 Å². The molecule has 31 heavy (non-hydrogen) atoms. The zero-order valence-corrected chi connectivity index (χ0v) is 20.2. The van der Waals surface area contributed by atoms with Crippen molar-refractivity contribution in [3.05, 3.63) is 28.8 Å². The van der Waals surface area contributed by atoms with Gasteiger partial charge in [-0.05, 0) is 93.2 Å². The molecule has 1 aromatic carbocycles. The summed E-state index contributed by atoms with van der Waals surface area (Å²) < 4.78 is 34.1. The van der Waals surface area contributed by atoms with E-state index in [0.29, 0.717) is 24.5 Å². The molecule has 0 unspecified atom stereocenters. The smallest absolute Gasteiger partial charge is 0.200 e. The Morgan fingerprint density at radius 1 is 0.806 bits per heavy atom. The zero-order chi connectivity index (χ0) is 22.2.